The molecule has 0 spiro atoms. The van der Waals surface area contributed by atoms with Gasteiger partial charge in [-0.15, -0.1) is 0 Å². The molecule has 0 radical (unpaired) electrons. The van der Waals surface area contributed by atoms with Gasteiger partial charge in [0.05, 0.1) is 11.6 Å². The Morgan fingerprint density at radius 3 is 2.42 bits per heavy atom. The number of aliphatic hydroxyl groups excluding tert-OH is 1. The van der Waals surface area contributed by atoms with Crippen molar-refractivity contribution in [1.29, 1.82) is 0 Å². The van der Waals surface area contributed by atoms with Gasteiger partial charge < -0.3 is 10.2 Å². The highest BCUT2D eigenvalue weighted by molar-refractivity contribution is 6.31. The number of ketones is 1. The monoisotopic (exact) mass is 371 g/mol. The molecule has 0 aliphatic carbocycles. The summed E-state index contributed by atoms with van der Waals surface area (Å²) in [6.45, 7) is 3.41. The van der Waals surface area contributed by atoms with Crippen LogP contribution >= 0.6 is 11.6 Å². The van der Waals surface area contributed by atoms with Gasteiger partial charge in [-0.1, -0.05) is 43.6 Å². The first kappa shape index (κ1) is 18.0. The van der Waals surface area contributed by atoms with E-state index in [1.165, 1.54) is 17.0 Å². The number of nitrogens with zero attached hydrogens (tertiary/aromatic N) is 1. The van der Waals surface area contributed by atoms with Gasteiger partial charge >= 0.3 is 0 Å². The topological polar surface area (TPSA) is 77.8 Å². The van der Waals surface area contributed by atoms with E-state index in [2.05, 4.69) is 0 Å². The minimum absolute atomic E-state index is 0.00345. The number of amides is 1. The van der Waals surface area contributed by atoms with Crippen LogP contribution in [0.1, 0.15) is 25.5 Å². The Morgan fingerprint density at radius 1 is 1.12 bits per heavy atom. The molecule has 2 N–H and O–H groups in total. The maximum absolute atomic E-state index is 12.8. The average molecular weight is 372 g/mol. The highest BCUT2D eigenvalue weighted by Gasteiger charge is 2.44. The lowest BCUT2D eigenvalue weighted by Crippen LogP contribution is -2.31. The fourth-order valence-electron chi connectivity index (χ4n) is 3.07. The highest BCUT2D eigenvalue weighted by Crippen LogP contribution is 2.42. The first-order valence-corrected chi connectivity index (χ1v) is 8.54. The quantitative estimate of drug-likeness (QED) is 0.845. The van der Waals surface area contributed by atoms with E-state index in [1.807, 2.05) is 0 Å². The molecule has 0 aromatic heterocycles. The third-order valence-electron chi connectivity index (χ3n) is 4.27. The van der Waals surface area contributed by atoms with Crippen molar-refractivity contribution in [3.63, 3.8) is 0 Å². The Hall–Kier alpha value is -2.79. The number of carbonyl (C=O) groups excluding carboxylic acids is 2. The van der Waals surface area contributed by atoms with Gasteiger partial charge in [-0.25, -0.2) is 0 Å². The zero-order valence-corrected chi connectivity index (χ0v) is 15.1. The molecule has 0 bridgehead atoms. The van der Waals surface area contributed by atoms with E-state index < -0.39 is 23.6 Å². The lowest BCUT2D eigenvalue weighted by Gasteiger charge is -2.27. The Bertz CT molecular complexity index is 920. The number of aliphatic hydroxyl groups is 1. The molecule has 0 saturated heterocycles. The van der Waals surface area contributed by atoms with Crippen LogP contribution in [0.2, 0.25) is 5.02 Å². The van der Waals surface area contributed by atoms with Gasteiger partial charge in [-0.3, -0.25) is 14.5 Å². The molecule has 5 nitrogen and oxygen atoms in total. The van der Waals surface area contributed by atoms with Crippen molar-refractivity contribution in [2.45, 2.75) is 19.9 Å². The molecule has 26 heavy (non-hydrogen) atoms. The van der Waals surface area contributed by atoms with E-state index >= 15 is 0 Å². The molecule has 1 amide bonds. The summed E-state index contributed by atoms with van der Waals surface area (Å²) in [5.74, 6) is -1.97. The summed E-state index contributed by atoms with van der Waals surface area (Å²) in [5, 5.41) is 20.7. The van der Waals surface area contributed by atoms with E-state index in [4.69, 9.17) is 11.6 Å². The Labute approximate surface area is 156 Å². The number of hydrogen-bond acceptors (Lipinski definition) is 4. The summed E-state index contributed by atoms with van der Waals surface area (Å²) < 4.78 is 0. The SMILES string of the molecule is CC(C)C(=O)C1=C(O)C(=O)N(c2cccc(Cl)c2)C1c1cccc(O)c1. The minimum Gasteiger partial charge on any atom is -0.508 e. The fourth-order valence-corrected chi connectivity index (χ4v) is 3.26. The molecular formula is C20H18ClNO4. The first-order chi connectivity index (χ1) is 12.3. The second-order valence-corrected chi connectivity index (χ2v) is 6.87. The van der Waals surface area contributed by atoms with Crippen LogP contribution in [0.5, 0.6) is 5.75 Å². The molecule has 2 aromatic rings. The van der Waals surface area contributed by atoms with Crippen molar-refractivity contribution in [2.75, 3.05) is 4.90 Å². The van der Waals surface area contributed by atoms with Crippen LogP contribution in [-0.4, -0.2) is 21.9 Å². The van der Waals surface area contributed by atoms with Crippen LogP contribution in [0.4, 0.5) is 5.69 Å². The number of Topliss-reactive ketones (excluding diaryl/α,β-unsaturated/α-hetero) is 1. The lowest BCUT2D eigenvalue weighted by molar-refractivity contribution is -0.119. The number of halogens is 1. The molecule has 3 rings (SSSR count). The third-order valence-corrected chi connectivity index (χ3v) is 4.51. The Balaban J connectivity index is 2.21. The van der Waals surface area contributed by atoms with Gasteiger partial charge in [0.25, 0.3) is 5.91 Å². The molecule has 1 heterocycles. The number of carbonyl (C=O) groups is 2. The summed E-state index contributed by atoms with van der Waals surface area (Å²) in [4.78, 5) is 26.8. The largest absolute Gasteiger partial charge is 0.508 e. The number of phenolic OH excluding ortho intramolecular Hbond substituents is 1. The standard InChI is InChI=1S/C20H18ClNO4/c1-11(2)18(24)16-17(12-5-3-8-15(23)9-12)22(20(26)19(16)25)14-7-4-6-13(21)10-14/h3-11,17,23,25H,1-2H3. The third kappa shape index (κ3) is 3.06. The zero-order chi connectivity index (χ0) is 19.0. The predicted octanol–water partition coefficient (Wildman–Crippen LogP) is 4.17. The van der Waals surface area contributed by atoms with Crippen LogP contribution in [0.3, 0.4) is 0 Å². The molecule has 134 valence electrons. The van der Waals surface area contributed by atoms with Crippen molar-refractivity contribution >= 4 is 29.0 Å². The van der Waals surface area contributed by atoms with Crippen LogP contribution in [0, 0.1) is 5.92 Å². The van der Waals surface area contributed by atoms with Gasteiger partial charge in [0.1, 0.15) is 5.75 Å². The minimum atomic E-state index is -0.844. The van der Waals surface area contributed by atoms with Crippen molar-refractivity contribution in [3.05, 3.63) is 70.4 Å². The molecule has 1 atom stereocenters. The zero-order valence-electron chi connectivity index (χ0n) is 14.3. The van der Waals surface area contributed by atoms with Crippen LogP contribution in [0.25, 0.3) is 0 Å². The van der Waals surface area contributed by atoms with E-state index in [-0.39, 0.29) is 17.1 Å². The smallest absolute Gasteiger partial charge is 0.294 e. The maximum atomic E-state index is 12.8. The lowest BCUT2D eigenvalue weighted by atomic mass is 9.91. The van der Waals surface area contributed by atoms with Gasteiger partial charge in [0.2, 0.25) is 0 Å². The van der Waals surface area contributed by atoms with E-state index in [0.29, 0.717) is 16.3 Å². The number of hydrogen-bond donors (Lipinski definition) is 2. The molecule has 0 fully saturated rings. The average Bonchev–Trinajstić information content (AvgIpc) is 2.85. The first-order valence-electron chi connectivity index (χ1n) is 8.16. The van der Waals surface area contributed by atoms with Crippen molar-refractivity contribution in [3.8, 4) is 5.75 Å². The predicted molar refractivity (Wildman–Crippen MR) is 99.3 cm³/mol. The van der Waals surface area contributed by atoms with Crippen LogP contribution in [0.15, 0.2) is 59.9 Å². The molecule has 2 aromatic carbocycles. The van der Waals surface area contributed by atoms with Gasteiger partial charge in [-0.05, 0) is 35.9 Å². The van der Waals surface area contributed by atoms with Crippen LogP contribution < -0.4 is 4.90 Å². The summed E-state index contributed by atoms with van der Waals surface area (Å²) in [7, 11) is 0. The molecule has 1 aliphatic heterocycles. The number of aromatic hydroxyl groups is 1. The van der Waals surface area contributed by atoms with Gasteiger partial charge in [0, 0.05) is 16.6 Å². The molecular weight excluding hydrogens is 354 g/mol. The number of benzene rings is 2. The molecule has 1 unspecified atom stereocenters. The van der Waals surface area contributed by atoms with E-state index in [1.54, 1.807) is 50.2 Å². The van der Waals surface area contributed by atoms with Crippen molar-refractivity contribution in [1.82, 2.24) is 0 Å². The number of phenols is 1. The molecule has 1 aliphatic rings. The fraction of sp³-hybridized carbons (Fsp3) is 0.200. The summed E-state index contributed by atoms with van der Waals surface area (Å²) >= 11 is 6.05. The normalized spacial score (nSPS) is 17.3. The summed E-state index contributed by atoms with van der Waals surface area (Å²) in [6.07, 6.45) is 0. The number of anilines is 1. The van der Waals surface area contributed by atoms with E-state index in [9.17, 15) is 19.8 Å². The molecule has 0 saturated carbocycles. The van der Waals surface area contributed by atoms with Crippen molar-refractivity contribution in [2.24, 2.45) is 5.92 Å². The summed E-state index contributed by atoms with van der Waals surface area (Å²) in [6, 6.07) is 12.1. The Kier molecular flexibility index (Phi) is 4.74. The summed E-state index contributed by atoms with van der Waals surface area (Å²) in [5.41, 5.74) is 0.996. The highest BCUT2D eigenvalue weighted by atomic mass is 35.5. The second kappa shape index (κ2) is 6.84. The van der Waals surface area contributed by atoms with Crippen LogP contribution in [-0.2, 0) is 9.59 Å². The number of rotatable bonds is 4. The Morgan fingerprint density at radius 2 is 1.81 bits per heavy atom. The van der Waals surface area contributed by atoms with Gasteiger partial charge in [0.15, 0.2) is 11.5 Å². The van der Waals surface area contributed by atoms with Crippen molar-refractivity contribution < 1.29 is 19.8 Å². The van der Waals surface area contributed by atoms with E-state index in [0.717, 1.165) is 0 Å². The molecule has 6 heteroatoms. The maximum Gasteiger partial charge on any atom is 0.294 e. The second-order valence-electron chi connectivity index (χ2n) is 6.43. The van der Waals surface area contributed by atoms with Gasteiger partial charge in [-0.2, -0.15) is 0 Å².